The summed E-state index contributed by atoms with van der Waals surface area (Å²) >= 11 is 0. The van der Waals surface area contributed by atoms with Crippen molar-refractivity contribution in [1.29, 1.82) is 0 Å². The van der Waals surface area contributed by atoms with Gasteiger partial charge in [0.05, 0.1) is 19.5 Å². The predicted molar refractivity (Wildman–Crippen MR) is 104 cm³/mol. The highest BCUT2D eigenvalue weighted by Gasteiger charge is 2.08. The van der Waals surface area contributed by atoms with Crippen LogP contribution < -0.4 is 21.5 Å². The molecule has 0 aromatic heterocycles. The smallest absolute Gasteiger partial charge is 0.257 e. The summed E-state index contributed by atoms with van der Waals surface area (Å²) in [4.78, 5) is 35.3. The van der Waals surface area contributed by atoms with Crippen molar-refractivity contribution >= 4 is 23.4 Å². The Kier molecular flexibility index (Phi) is 7.37. The molecule has 0 radical (unpaired) electrons. The van der Waals surface area contributed by atoms with Crippen LogP contribution in [0.4, 0.5) is 5.69 Å². The average Bonchev–Trinajstić information content (AvgIpc) is 2.65. The maximum Gasteiger partial charge on any atom is 0.257 e. The van der Waals surface area contributed by atoms with Gasteiger partial charge in [-0.15, -0.1) is 0 Å². The third-order valence-electron chi connectivity index (χ3n) is 3.82. The Labute approximate surface area is 158 Å². The second kappa shape index (κ2) is 9.96. The summed E-state index contributed by atoms with van der Waals surface area (Å²) in [7, 11) is 0. The fourth-order valence-corrected chi connectivity index (χ4v) is 2.44. The van der Waals surface area contributed by atoms with Crippen molar-refractivity contribution in [3.8, 4) is 0 Å². The molecule has 3 amide bonds. The molecule has 0 unspecified atom stereocenters. The second-order valence-corrected chi connectivity index (χ2v) is 6.21. The van der Waals surface area contributed by atoms with Crippen molar-refractivity contribution < 1.29 is 14.4 Å². The van der Waals surface area contributed by atoms with Gasteiger partial charge in [0.25, 0.3) is 11.8 Å². The number of benzene rings is 2. The maximum absolute atomic E-state index is 11.8. The van der Waals surface area contributed by atoms with Gasteiger partial charge in [-0.25, -0.2) is 0 Å². The number of anilines is 1. The lowest BCUT2D eigenvalue weighted by Gasteiger charge is -2.11. The van der Waals surface area contributed by atoms with E-state index in [1.165, 1.54) is 0 Å². The summed E-state index contributed by atoms with van der Waals surface area (Å²) in [5.74, 6) is -1.16. The normalized spacial score (nSPS) is 10.0. The summed E-state index contributed by atoms with van der Waals surface area (Å²) < 4.78 is 0. The molecule has 4 N–H and O–H groups in total. The molecule has 142 valence electrons. The second-order valence-electron chi connectivity index (χ2n) is 6.21. The first-order valence-electron chi connectivity index (χ1n) is 8.63. The first-order chi connectivity index (χ1) is 12.9. The number of hydrazine groups is 1. The van der Waals surface area contributed by atoms with Crippen LogP contribution in [0.3, 0.4) is 0 Å². The van der Waals surface area contributed by atoms with Gasteiger partial charge in [0.15, 0.2) is 0 Å². The number of hydrogen-bond acceptors (Lipinski definition) is 4. The zero-order valence-corrected chi connectivity index (χ0v) is 15.5. The highest BCUT2D eigenvalue weighted by atomic mass is 16.2. The van der Waals surface area contributed by atoms with Gasteiger partial charge in [-0.3, -0.25) is 25.2 Å². The largest absolute Gasteiger partial charge is 0.376 e. The molecule has 7 heteroatoms. The van der Waals surface area contributed by atoms with E-state index in [-0.39, 0.29) is 31.3 Å². The molecule has 27 heavy (non-hydrogen) atoms. The van der Waals surface area contributed by atoms with E-state index in [0.29, 0.717) is 0 Å². The minimum absolute atomic E-state index is 0.0184. The van der Waals surface area contributed by atoms with Crippen molar-refractivity contribution in [3.05, 3.63) is 65.2 Å². The number of rotatable bonds is 7. The number of aryl methyl sites for hydroxylation is 2. The number of nitrogens with one attached hydrogen (secondary N) is 4. The summed E-state index contributed by atoms with van der Waals surface area (Å²) in [5, 5.41) is 5.52. The van der Waals surface area contributed by atoms with E-state index in [2.05, 4.69) is 21.5 Å². The van der Waals surface area contributed by atoms with Crippen LogP contribution in [0.15, 0.2) is 48.5 Å². The molecule has 0 saturated carbocycles. The maximum atomic E-state index is 11.8. The molecule has 0 aliphatic carbocycles. The quantitative estimate of drug-likeness (QED) is 0.552. The van der Waals surface area contributed by atoms with E-state index in [4.69, 9.17) is 0 Å². The zero-order chi connectivity index (χ0) is 19.6. The summed E-state index contributed by atoms with van der Waals surface area (Å²) in [6, 6.07) is 15.1. The van der Waals surface area contributed by atoms with Gasteiger partial charge in [0.2, 0.25) is 5.91 Å². The number of hydrogen-bond donors (Lipinski definition) is 4. The Morgan fingerprint density at radius 1 is 0.815 bits per heavy atom. The average molecular weight is 368 g/mol. The zero-order valence-electron chi connectivity index (χ0n) is 15.5. The summed E-state index contributed by atoms with van der Waals surface area (Å²) in [5.41, 5.74) is 8.47. The van der Waals surface area contributed by atoms with E-state index in [9.17, 15) is 14.4 Å². The van der Waals surface area contributed by atoms with Gasteiger partial charge in [-0.05, 0) is 31.0 Å². The highest BCUT2D eigenvalue weighted by Crippen LogP contribution is 2.15. The topological polar surface area (TPSA) is 99.3 Å². The third-order valence-corrected chi connectivity index (χ3v) is 3.82. The van der Waals surface area contributed by atoms with Crippen molar-refractivity contribution in [2.45, 2.75) is 20.3 Å². The van der Waals surface area contributed by atoms with Crippen molar-refractivity contribution in [1.82, 2.24) is 16.2 Å². The van der Waals surface area contributed by atoms with Gasteiger partial charge < -0.3 is 10.6 Å². The number of carbonyl (C=O) groups is 3. The Balaban J connectivity index is 1.64. The molecule has 0 fully saturated rings. The highest BCUT2D eigenvalue weighted by molar-refractivity contribution is 5.88. The Morgan fingerprint density at radius 2 is 1.48 bits per heavy atom. The van der Waals surface area contributed by atoms with Gasteiger partial charge in [-0.2, -0.15) is 0 Å². The fourth-order valence-electron chi connectivity index (χ4n) is 2.44. The molecular formula is C20H24N4O3. The molecule has 0 saturated heterocycles. The fraction of sp³-hybridized carbons (Fsp3) is 0.250. The summed E-state index contributed by atoms with van der Waals surface area (Å²) in [6.07, 6.45) is 0.195. The first-order valence-corrected chi connectivity index (χ1v) is 8.63. The molecule has 2 rings (SSSR count). The Bertz CT molecular complexity index is 806. The molecule has 2 aromatic rings. The molecular weight excluding hydrogens is 344 g/mol. The van der Waals surface area contributed by atoms with Gasteiger partial charge in [0.1, 0.15) is 0 Å². The van der Waals surface area contributed by atoms with Crippen LogP contribution in [0.25, 0.3) is 0 Å². The standard InChI is InChI=1S/C20H24N4O3/c1-14-8-9-17(15(2)10-14)21-12-19(26)23-24-20(27)13-22-18(25)11-16-6-4-3-5-7-16/h3-10,21H,11-13H2,1-2H3,(H,22,25)(H,23,26)(H,24,27). The van der Waals surface area contributed by atoms with Gasteiger partial charge in [-0.1, -0.05) is 48.0 Å². The van der Waals surface area contributed by atoms with E-state index < -0.39 is 5.91 Å². The first kappa shape index (κ1) is 20.0. The number of carbonyl (C=O) groups excluding carboxylic acids is 3. The van der Waals surface area contributed by atoms with E-state index in [0.717, 1.165) is 22.4 Å². The molecule has 0 spiro atoms. The molecule has 7 nitrogen and oxygen atoms in total. The van der Waals surface area contributed by atoms with Crippen LogP contribution in [0, 0.1) is 13.8 Å². The van der Waals surface area contributed by atoms with E-state index in [1.807, 2.05) is 62.4 Å². The SMILES string of the molecule is Cc1ccc(NCC(=O)NNC(=O)CNC(=O)Cc2ccccc2)c(C)c1. The lowest BCUT2D eigenvalue weighted by atomic mass is 10.1. The van der Waals surface area contributed by atoms with E-state index in [1.54, 1.807) is 0 Å². The van der Waals surface area contributed by atoms with Crippen LogP contribution in [0.5, 0.6) is 0 Å². The van der Waals surface area contributed by atoms with Crippen LogP contribution >= 0.6 is 0 Å². The molecule has 2 aromatic carbocycles. The lowest BCUT2D eigenvalue weighted by Crippen LogP contribution is -2.48. The minimum atomic E-state index is -0.503. The van der Waals surface area contributed by atoms with Crippen LogP contribution in [-0.4, -0.2) is 30.8 Å². The van der Waals surface area contributed by atoms with Crippen molar-refractivity contribution in [2.75, 3.05) is 18.4 Å². The van der Waals surface area contributed by atoms with Crippen LogP contribution in [0.2, 0.25) is 0 Å². The molecule has 0 heterocycles. The molecule has 0 aliphatic heterocycles. The van der Waals surface area contributed by atoms with Gasteiger partial charge >= 0.3 is 0 Å². The third kappa shape index (κ3) is 7.19. The van der Waals surface area contributed by atoms with Gasteiger partial charge in [0, 0.05) is 5.69 Å². The molecule has 0 aliphatic rings. The van der Waals surface area contributed by atoms with Crippen molar-refractivity contribution in [2.24, 2.45) is 0 Å². The van der Waals surface area contributed by atoms with Crippen LogP contribution in [0.1, 0.15) is 16.7 Å². The monoisotopic (exact) mass is 368 g/mol. The Hall–Kier alpha value is -3.35. The van der Waals surface area contributed by atoms with Crippen LogP contribution in [-0.2, 0) is 20.8 Å². The summed E-state index contributed by atoms with van der Waals surface area (Å²) in [6.45, 7) is 3.76. The Morgan fingerprint density at radius 3 is 2.15 bits per heavy atom. The molecule has 0 bridgehead atoms. The molecule has 0 atom stereocenters. The predicted octanol–water partition coefficient (Wildman–Crippen LogP) is 1.22. The van der Waals surface area contributed by atoms with E-state index >= 15 is 0 Å². The minimum Gasteiger partial charge on any atom is -0.376 e. The number of amides is 3. The van der Waals surface area contributed by atoms with Crippen molar-refractivity contribution in [3.63, 3.8) is 0 Å². The lowest BCUT2D eigenvalue weighted by molar-refractivity contribution is -0.129.